The van der Waals surface area contributed by atoms with Gasteiger partial charge >= 0.3 is 12.3 Å². The van der Waals surface area contributed by atoms with Crippen molar-refractivity contribution in [1.29, 1.82) is 0 Å². The molecule has 4 amide bonds. The van der Waals surface area contributed by atoms with Crippen LogP contribution in [0.4, 0.5) is 18.0 Å². The van der Waals surface area contributed by atoms with Gasteiger partial charge in [-0.25, -0.2) is 9.78 Å². The molecular weight excluding hydrogens is 768 g/mol. The van der Waals surface area contributed by atoms with Crippen molar-refractivity contribution in [2.45, 2.75) is 133 Å². The minimum absolute atomic E-state index is 0.0283. The molecule has 4 aliphatic rings. The number of pyridine rings is 1. The van der Waals surface area contributed by atoms with E-state index in [0.717, 1.165) is 32.1 Å². The van der Waals surface area contributed by atoms with Gasteiger partial charge in [0.15, 0.2) is 6.61 Å². The molecule has 1 aromatic heterocycles. The first-order valence-corrected chi connectivity index (χ1v) is 20.2. The standard InChI is InChI=1S/C40H52F3N5O8S/c1-23-29(53-6)15-14-26-30(19-31(45-32(23)26)54-22-40(41,42)43)55-25-18-28-33(49)46-39(35(51)47-57-38(5)16-17-38)20-24(39)12-10-8-7-9-11-13-27(34(50)48(28)21-25)44-36(52)56-37(2,3)4/h10,12,14-15,19,24-25,27-28H,7-9,11,13,16-18,20-22H2,1-6H3,(H,44,52)(H,46,49)(H,47,51)/b12-10-/t24-,25-,27+,28+,39-/m1/s1. The highest BCUT2D eigenvalue weighted by atomic mass is 32.2. The largest absolute Gasteiger partial charge is 0.496 e. The molecule has 2 aliphatic carbocycles. The zero-order valence-corrected chi connectivity index (χ0v) is 34.0. The summed E-state index contributed by atoms with van der Waals surface area (Å²) in [5.41, 5.74) is -1.24. The fourth-order valence-corrected chi connectivity index (χ4v) is 8.07. The van der Waals surface area contributed by atoms with Gasteiger partial charge in [-0.2, -0.15) is 13.2 Å². The molecule has 2 aromatic rings. The second kappa shape index (κ2) is 16.5. The number of fused-ring (bicyclic) bond motifs is 3. The van der Waals surface area contributed by atoms with E-state index in [-0.39, 0.29) is 53.1 Å². The van der Waals surface area contributed by atoms with Crippen LogP contribution in [-0.4, -0.2) is 94.2 Å². The van der Waals surface area contributed by atoms with Crippen LogP contribution in [-0.2, 0) is 19.1 Å². The predicted octanol–water partition coefficient (Wildman–Crippen LogP) is 6.45. The fraction of sp³-hybridized carbons (Fsp3) is 0.625. The summed E-state index contributed by atoms with van der Waals surface area (Å²) in [6, 6.07) is 2.42. The number of allylic oxidation sites excluding steroid dienone is 1. The molecule has 0 bridgehead atoms. The summed E-state index contributed by atoms with van der Waals surface area (Å²) in [5.74, 6) is -1.43. The normalized spacial score (nSPS) is 26.8. The highest BCUT2D eigenvalue weighted by Crippen LogP contribution is 2.49. The maximum Gasteiger partial charge on any atom is 0.422 e. The average molecular weight is 820 g/mol. The van der Waals surface area contributed by atoms with Crippen LogP contribution in [0.3, 0.4) is 0 Å². The van der Waals surface area contributed by atoms with Crippen LogP contribution in [0.1, 0.15) is 91.0 Å². The third kappa shape index (κ3) is 10.4. The van der Waals surface area contributed by atoms with Crippen molar-refractivity contribution in [3.8, 4) is 17.4 Å². The van der Waals surface area contributed by atoms with Gasteiger partial charge in [-0.1, -0.05) is 25.0 Å². The van der Waals surface area contributed by atoms with Crippen LogP contribution >= 0.6 is 11.9 Å². The molecule has 2 aliphatic heterocycles. The SMILES string of the molecule is COc1ccc2c(O[C@@H]3C[C@H]4C(=O)N[C@]5(C(=O)NSC6(C)CC6)C[C@H]5/C=C\CCCCC[C@H](NC(=O)OC(C)(C)C)C(=O)N4C3)cc(OCC(F)(F)F)nc2c1C. The number of aryl methyl sites for hydroxylation is 1. The van der Waals surface area contributed by atoms with Crippen LogP contribution in [0.2, 0.25) is 0 Å². The minimum atomic E-state index is -4.63. The van der Waals surface area contributed by atoms with Gasteiger partial charge in [-0.3, -0.25) is 19.1 Å². The molecule has 3 N–H and O–H groups in total. The van der Waals surface area contributed by atoms with Crippen LogP contribution < -0.4 is 29.6 Å². The van der Waals surface area contributed by atoms with Gasteiger partial charge in [0.1, 0.15) is 40.8 Å². The number of amides is 4. The Hall–Kier alpha value is -4.41. The molecule has 13 nitrogen and oxygen atoms in total. The number of carbonyl (C=O) groups excluding carboxylic acids is 4. The van der Waals surface area contributed by atoms with Gasteiger partial charge in [-0.15, -0.1) is 0 Å². The number of nitrogens with zero attached hydrogens (tertiary/aromatic N) is 2. The molecule has 0 radical (unpaired) electrons. The highest BCUT2D eigenvalue weighted by molar-refractivity contribution is 7.99. The summed E-state index contributed by atoms with van der Waals surface area (Å²) in [7, 11) is 1.46. The molecular formula is C40H52F3N5O8S. The van der Waals surface area contributed by atoms with E-state index < -0.39 is 60.0 Å². The van der Waals surface area contributed by atoms with Gasteiger partial charge in [0.05, 0.1) is 19.2 Å². The zero-order chi connectivity index (χ0) is 41.3. The van der Waals surface area contributed by atoms with Gasteiger partial charge < -0.3 is 34.5 Å². The first-order valence-electron chi connectivity index (χ1n) is 19.4. The van der Waals surface area contributed by atoms with Gasteiger partial charge in [0, 0.05) is 34.1 Å². The number of carbonyl (C=O) groups is 4. The Balaban J connectivity index is 1.33. The average Bonchev–Trinajstić information content (AvgIpc) is 4.00. The van der Waals surface area contributed by atoms with Crippen molar-refractivity contribution in [2.24, 2.45) is 5.92 Å². The summed E-state index contributed by atoms with van der Waals surface area (Å²) in [4.78, 5) is 61.6. The Labute approximate surface area is 334 Å². The molecule has 57 heavy (non-hydrogen) atoms. The first-order chi connectivity index (χ1) is 26.8. The molecule has 0 spiro atoms. The van der Waals surface area contributed by atoms with Crippen molar-refractivity contribution in [1.82, 2.24) is 25.2 Å². The van der Waals surface area contributed by atoms with E-state index in [1.165, 1.54) is 30.0 Å². The Morgan fingerprint density at radius 3 is 2.54 bits per heavy atom. The number of aromatic nitrogens is 1. The lowest BCUT2D eigenvalue weighted by molar-refractivity contribution is -0.154. The molecule has 5 atom stereocenters. The van der Waals surface area contributed by atoms with Gasteiger partial charge in [-0.05, 0) is 97.2 Å². The number of methoxy groups -OCH3 is 1. The number of benzene rings is 1. The summed E-state index contributed by atoms with van der Waals surface area (Å²) < 4.78 is 65.0. The van der Waals surface area contributed by atoms with Crippen LogP contribution in [0.25, 0.3) is 10.9 Å². The van der Waals surface area contributed by atoms with E-state index in [1.807, 2.05) is 12.2 Å². The fourth-order valence-electron chi connectivity index (χ4n) is 7.24. The number of alkyl halides is 3. The molecule has 6 rings (SSSR count). The van der Waals surface area contributed by atoms with E-state index in [1.54, 1.807) is 39.8 Å². The Kier molecular flexibility index (Phi) is 12.2. The van der Waals surface area contributed by atoms with E-state index >= 15 is 0 Å². The third-order valence-corrected chi connectivity index (χ3v) is 11.9. The number of nitrogens with one attached hydrogen (secondary N) is 3. The lowest BCUT2D eigenvalue weighted by Crippen LogP contribution is -2.57. The van der Waals surface area contributed by atoms with E-state index in [2.05, 4.69) is 27.3 Å². The minimum Gasteiger partial charge on any atom is -0.496 e. The first kappa shape index (κ1) is 42.2. The van der Waals surface area contributed by atoms with E-state index in [9.17, 15) is 32.3 Å². The second-order valence-electron chi connectivity index (χ2n) is 16.7. The second-order valence-corrected chi connectivity index (χ2v) is 18.0. The molecule has 1 saturated heterocycles. The predicted molar refractivity (Wildman–Crippen MR) is 207 cm³/mol. The maximum atomic E-state index is 14.6. The Morgan fingerprint density at radius 2 is 1.86 bits per heavy atom. The van der Waals surface area contributed by atoms with Crippen molar-refractivity contribution < 1.29 is 51.3 Å². The Morgan fingerprint density at radius 1 is 1.11 bits per heavy atom. The van der Waals surface area contributed by atoms with E-state index in [0.29, 0.717) is 29.5 Å². The van der Waals surface area contributed by atoms with E-state index in [4.69, 9.17) is 18.9 Å². The molecule has 312 valence electrons. The lowest BCUT2D eigenvalue weighted by atomic mass is 10.0. The van der Waals surface area contributed by atoms with Crippen molar-refractivity contribution >= 4 is 46.7 Å². The highest BCUT2D eigenvalue weighted by Gasteiger charge is 2.61. The van der Waals surface area contributed by atoms with Crippen molar-refractivity contribution in [3.63, 3.8) is 0 Å². The van der Waals surface area contributed by atoms with Crippen molar-refractivity contribution in [3.05, 3.63) is 35.9 Å². The molecule has 0 unspecified atom stereocenters. The monoisotopic (exact) mass is 819 g/mol. The van der Waals surface area contributed by atoms with Crippen LogP contribution in [0.15, 0.2) is 30.4 Å². The molecule has 17 heteroatoms. The van der Waals surface area contributed by atoms with Crippen LogP contribution in [0.5, 0.6) is 17.4 Å². The summed E-state index contributed by atoms with van der Waals surface area (Å²) in [6.07, 6.45) is 3.24. The number of rotatable bonds is 9. The maximum absolute atomic E-state index is 14.6. The molecule has 3 heterocycles. The van der Waals surface area contributed by atoms with Gasteiger partial charge in [0.25, 0.3) is 5.91 Å². The summed E-state index contributed by atoms with van der Waals surface area (Å²) in [5, 5.41) is 6.19. The molecule has 3 fully saturated rings. The lowest BCUT2D eigenvalue weighted by Gasteiger charge is -2.30. The number of hydrogen-bond acceptors (Lipinski definition) is 10. The van der Waals surface area contributed by atoms with Crippen molar-refractivity contribution in [2.75, 3.05) is 20.3 Å². The summed E-state index contributed by atoms with van der Waals surface area (Å²) in [6.45, 7) is 7.20. The van der Waals surface area contributed by atoms with Gasteiger partial charge in [0.2, 0.25) is 17.7 Å². The number of halogens is 3. The smallest absolute Gasteiger partial charge is 0.422 e. The zero-order valence-electron chi connectivity index (χ0n) is 33.2. The van der Waals surface area contributed by atoms with Crippen LogP contribution in [0, 0.1) is 12.8 Å². The number of hydrogen-bond donors (Lipinski definition) is 3. The third-order valence-electron chi connectivity index (χ3n) is 10.7. The summed E-state index contributed by atoms with van der Waals surface area (Å²) >= 11 is 1.35. The molecule has 2 saturated carbocycles. The molecule has 1 aromatic carbocycles. The topological polar surface area (TPSA) is 157 Å². The Bertz CT molecular complexity index is 1900. The number of ether oxygens (including phenoxy) is 4. The number of alkyl carbamates (subject to hydrolysis) is 1. The quantitative estimate of drug-likeness (QED) is 0.190.